The van der Waals surface area contributed by atoms with Gasteiger partial charge in [-0.15, -0.1) is 4.80 Å². The molecule has 0 aliphatic carbocycles. The van der Waals surface area contributed by atoms with E-state index >= 15 is 0 Å². The lowest BCUT2D eigenvalue weighted by Crippen LogP contribution is -2.18. The van der Waals surface area contributed by atoms with E-state index in [2.05, 4.69) is 20.7 Å². The van der Waals surface area contributed by atoms with Crippen LogP contribution in [0.5, 0.6) is 0 Å². The van der Waals surface area contributed by atoms with Gasteiger partial charge in [0.2, 0.25) is 5.84 Å². The van der Waals surface area contributed by atoms with Gasteiger partial charge in [-0.1, -0.05) is 29.8 Å². The molecular weight excluding hydrogens is 310 g/mol. The van der Waals surface area contributed by atoms with Crippen molar-refractivity contribution < 1.29 is 0 Å². The molecule has 0 spiro atoms. The van der Waals surface area contributed by atoms with Crippen LogP contribution < -0.4 is 5.43 Å². The molecule has 2 aromatic carbocycles. The van der Waals surface area contributed by atoms with Gasteiger partial charge in [-0.3, -0.25) is 5.43 Å². The number of halogens is 1. The molecule has 0 radical (unpaired) electrons. The van der Waals surface area contributed by atoms with Crippen LogP contribution in [0.4, 0.5) is 5.69 Å². The first-order valence-corrected chi connectivity index (χ1v) is 7.57. The fourth-order valence-corrected chi connectivity index (χ4v) is 2.13. The predicted octanol–water partition coefficient (Wildman–Crippen LogP) is 3.87. The van der Waals surface area contributed by atoms with Crippen LogP contribution in [0.3, 0.4) is 0 Å². The Kier molecular flexibility index (Phi) is 4.39. The Balaban J connectivity index is 2.00. The third kappa shape index (κ3) is 3.57. The van der Waals surface area contributed by atoms with Gasteiger partial charge in [-0.25, -0.2) is 0 Å². The number of hydrogen-bond donors (Lipinski definition) is 1. The highest BCUT2D eigenvalue weighted by Crippen LogP contribution is 2.13. The lowest BCUT2D eigenvalue weighted by atomic mass is 10.2. The number of nitrogens with one attached hydrogen (secondary N) is 1. The maximum atomic E-state index is 5.97. The molecule has 0 bridgehead atoms. The Bertz CT molecular complexity index is 802. The van der Waals surface area contributed by atoms with Crippen LogP contribution in [0.2, 0.25) is 5.02 Å². The fourth-order valence-electron chi connectivity index (χ4n) is 2.00. The lowest BCUT2D eigenvalue weighted by molar-refractivity contribution is 0.783. The van der Waals surface area contributed by atoms with Crippen molar-refractivity contribution in [1.82, 2.24) is 15.0 Å². The Morgan fingerprint density at radius 3 is 2.17 bits per heavy atom. The van der Waals surface area contributed by atoms with Gasteiger partial charge in [-0.05, 0) is 50.2 Å². The Hall–Kier alpha value is -2.66. The number of para-hydroxylation sites is 1. The highest BCUT2D eigenvalue weighted by molar-refractivity contribution is 6.30. The number of aromatic nitrogens is 3. The summed E-state index contributed by atoms with van der Waals surface area (Å²) in [6.07, 6.45) is 0. The van der Waals surface area contributed by atoms with E-state index in [1.54, 1.807) is 0 Å². The number of benzene rings is 2. The van der Waals surface area contributed by atoms with Gasteiger partial charge in [-0.2, -0.15) is 15.3 Å². The molecule has 1 heterocycles. The zero-order valence-electron chi connectivity index (χ0n) is 12.9. The standard InChI is InChI=1S/C17H16ClN5/c1-12-13(2)22-23(21-12)17(14-8-10-15(18)11-9-14)20-19-16-6-4-3-5-7-16/h3-11,19H,1-2H3/b20-17-. The second-order valence-electron chi connectivity index (χ2n) is 5.08. The van der Waals surface area contributed by atoms with Crippen LogP contribution in [-0.2, 0) is 0 Å². The summed E-state index contributed by atoms with van der Waals surface area (Å²) in [5.41, 5.74) is 6.53. The van der Waals surface area contributed by atoms with Crippen molar-refractivity contribution >= 4 is 23.1 Å². The molecule has 0 atom stereocenters. The van der Waals surface area contributed by atoms with E-state index in [1.165, 1.54) is 4.80 Å². The minimum atomic E-state index is 0.599. The maximum absolute atomic E-state index is 5.97. The number of aryl methyl sites for hydroxylation is 2. The first-order valence-electron chi connectivity index (χ1n) is 7.19. The van der Waals surface area contributed by atoms with Crippen LogP contribution in [0, 0.1) is 13.8 Å². The molecule has 6 heteroatoms. The summed E-state index contributed by atoms with van der Waals surface area (Å²) in [6, 6.07) is 17.1. The smallest absolute Gasteiger partial charge is 0.201 e. The monoisotopic (exact) mass is 325 g/mol. The average Bonchev–Trinajstić information content (AvgIpc) is 2.89. The van der Waals surface area contributed by atoms with Crippen LogP contribution >= 0.6 is 11.6 Å². The largest absolute Gasteiger partial charge is 0.276 e. The molecule has 1 N–H and O–H groups in total. The van der Waals surface area contributed by atoms with Gasteiger partial charge in [0.1, 0.15) is 0 Å². The third-order valence-corrected chi connectivity index (χ3v) is 3.62. The molecule has 0 saturated heterocycles. The summed E-state index contributed by atoms with van der Waals surface area (Å²) < 4.78 is 0. The molecule has 23 heavy (non-hydrogen) atoms. The Labute approximate surface area is 139 Å². The summed E-state index contributed by atoms with van der Waals surface area (Å²) in [5.74, 6) is 0.599. The molecule has 5 nitrogen and oxygen atoms in total. The quantitative estimate of drug-likeness (QED) is 0.452. The summed E-state index contributed by atoms with van der Waals surface area (Å²) in [7, 11) is 0. The first-order chi connectivity index (χ1) is 11.1. The highest BCUT2D eigenvalue weighted by atomic mass is 35.5. The van der Waals surface area contributed by atoms with Gasteiger partial charge >= 0.3 is 0 Å². The first kappa shape index (κ1) is 15.2. The van der Waals surface area contributed by atoms with Crippen molar-refractivity contribution in [2.24, 2.45) is 5.10 Å². The van der Waals surface area contributed by atoms with Crippen LogP contribution in [0.1, 0.15) is 17.0 Å². The van der Waals surface area contributed by atoms with E-state index in [0.29, 0.717) is 10.9 Å². The van der Waals surface area contributed by atoms with E-state index in [-0.39, 0.29) is 0 Å². The van der Waals surface area contributed by atoms with E-state index in [4.69, 9.17) is 11.6 Å². The molecule has 0 aliphatic heterocycles. The highest BCUT2D eigenvalue weighted by Gasteiger charge is 2.11. The second-order valence-corrected chi connectivity index (χ2v) is 5.52. The molecule has 0 fully saturated rings. The van der Waals surface area contributed by atoms with E-state index in [0.717, 1.165) is 22.6 Å². The van der Waals surface area contributed by atoms with Gasteiger partial charge in [0.05, 0.1) is 17.1 Å². The summed E-state index contributed by atoms with van der Waals surface area (Å²) in [5, 5.41) is 14.0. The van der Waals surface area contributed by atoms with Crippen LogP contribution in [0.15, 0.2) is 59.7 Å². The molecule has 0 saturated carbocycles. The number of hydrazone groups is 1. The molecule has 116 valence electrons. The number of anilines is 1. The Morgan fingerprint density at radius 1 is 0.957 bits per heavy atom. The average molecular weight is 326 g/mol. The summed E-state index contributed by atoms with van der Waals surface area (Å²) in [6.45, 7) is 3.84. The summed E-state index contributed by atoms with van der Waals surface area (Å²) >= 11 is 5.97. The van der Waals surface area contributed by atoms with Crippen molar-refractivity contribution in [3.63, 3.8) is 0 Å². The van der Waals surface area contributed by atoms with Crippen LogP contribution in [0.25, 0.3) is 0 Å². The Morgan fingerprint density at radius 2 is 1.57 bits per heavy atom. The van der Waals surface area contributed by atoms with Crippen molar-refractivity contribution in [2.45, 2.75) is 13.8 Å². The van der Waals surface area contributed by atoms with Crippen molar-refractivity contribution in [1.29, 1.82) is 0 Å². The van der Waals surface area contributed by atoms with Gasteiger partial charge in [0, 0.05) is 10.6 Å². The van der Waals surface area contributed by atoms with Crippen molar-refractivity contribution in [3.05, 3.63) is 76.6 Å². The molecule has 0 aliphatic rings. The van der Waals surface area contributed by atoms with Gasteiger partial charge < -0.3 is 0 Å². The topological polar surface area (TPSA) is 55.1 Å². The molecular formula is C17H16ClN5. The van der Waals surface area contributed by atoms with E-state index in [1.807, 2.05) is 68.4 Å². The predicted molar refractivity (Wildman–Crippen MR) is 92.9 cm³/mol. The van der Waals surface area contributed by atoms with Crippen molar-refractivity contribution in [3.8, 4) is 0 Å². The van der Waals surface area contributed by atoms with E-state index in [9.17, 15) is 0 Å². The van der Waals surface area contributed by atoms with E-state index < -0.39 is 0 Å². The lowest BCUT2D eigenvalue weighted by Gasteiger charge is -2.07. The maximum Gasteiger partial charge on any atom is 0.201 e. The van der Waals surface area contributed by atoms with Gasteiger partial charge in [0.15, 0.2) is 0 Å². The minimum Gasteiger partial charge on any atom is -0.276 e. The van der Waals surface area contributed by atoms with Crippen LogP contribution in [-0.4, -0.2) is 20.8 Å². The molecule has 3 rings (SSSR count). The number of nitrogens with zero attached hydrogens (tertiary/aromatic N) is 4. The molecule has 1 aromatic heterocycles. The molecule has 3 aromatic rings. The minimum absolute atomic E-state index is 0.599. The zero-order chi connectivity index (χ0) is 16.2. The molecule has 0 amide bonds. The van der Waals surface area contributed by atoms with Crippen molar-refractivity contribution in [2.75, 3.05) is 5.43 Å². The summed E-state index contributed by atoms with van der Waals surface area (Å²) in [4.78, 5) is 1.53. The third-order valence-electron chi connectivity index (χ3n) is 3.37. The number of hydrogen-bond acceptors (Lipinski definition) is 4. The molecule has 0 unspecified atom stereocenters. The zero-order valence-corrected chi connectivity index (χ0v) is 13.6. The SMILES string of the molecule is Cc1nn(/C(=N\Nc2ccccc2)c2ccc(Cl)cc2)nc1C. The number of rotatable bonds is 3. The fraction of sp³-hybridized carbons (Fsp3) is 0.118. The van der Waals surface area contributed by atoms with Gasteiger partial charge in [0.25, 0.3) is 0 Å². The second kappa shape index (κ2) is 6.62. The normalized spacial score (nSPS) is 11.5.